The van der Waals surface area contributed by atoms with Crippen molar-refractivity contribution in [2.75, 3.05) is 26.4 Å². The van der Waals surface area contributed by atoms with E-state index >= 15 is 0 Å². The molecule has 1 atom stereocenters. The van der Waals surface area contributed by atoms with Gasteiger partial charge in [0.15, 0.2) is 16.9 Å². The maximum atomic E-state index is 13.9. The van der Waals surface area contributed by atoms with Crippen LogP contribution in [0.3, 0.4) is 0 Å². The normalized spacial score (nSPS) is 14.9. The lowest BCUT2D eigenvalue weighted by Crippen LogP contribution is -2.31. The molecule has 39 heavy (non-hydrogen) atoms. The zero-order valence-electron chi connectivity index (χ0n) is 24.1. The molecule has 1 aromatic heterocycles. The first-order valence-corrected chi connectivity index (χ1v) is 14.2. The number of benzene rings is 2. The Morgan fingerprint density at radius 3 is 2.41 bits per heavy atom. The molecule has 0 fully saturated rings. The highest BCUT2D eigenvalue weighted by atomic mass is 16.5. The molecule has 7 heteroatoms. The Hall–Kier alpha value is -3.32. The van der Waals surface area contributed by atoms with E-state index in [1.54, 1.807) is 4.90 Å². The third kappa shape index (κ3) is 6.14. The van der Waals surface area contributed by atoms with Crippen LogP contribution in [0.4, 0.5) is 0 Å². The number of unbranched alkanes of at least 4 members (excludes halogenated alkanes) is 2. The molecule has 4 rings (SSSR count). The van der Waals surface area contributed by atoms with Crippen molar-refractivity contribution in [3.8, 4) is 11.5 Å². The topological polar surface area (TPSA) is 78.2 Å². The predicted molar refractivity (Wildman–Crippen MR) is 153 cm³/mol. The summed E-state index contributed by atoms with van der Waals surface area (Å²) in [5, 5.41) is 0.487. The summed E-state index contributed by atoms with van der Waals surface area (Å²) in [6.07, 6.45) is 3.92. The van der Waals surface area contributed by atoms with Gasteiger partial charge in [0, 0.05) is 13.2 Å². The zero-order chi connectivity index (χ0) is 28.1. The van der Waals surface area contributed by atoms with E-state index in [-0.39, 0.29) is 23.2 Å². The van der Waals surface area contributed by atoms with Gasteiger partial charge in [-0.3, -0.25) is 9.59 Å². The van der Waals surface area contributed by atoms with E-state index < -0.39 is 6.04 Å². The highest BCUT2D eigenvalue weighted by molar-refractivity contribution is 5.99. The minimum absolute atomic E-state index is 0.103. The average molecular weight is 536 g/mol. The molecule has 2 aromatic carbocycles. The fourth-order valence-corrected chi connectivity index (χ4v) is 5.02. The van der Waals surface area contributed by atoms with Crippen LogP contribution in [0, 0.1) is 13.8 Å². The summed E-state index contributed by atoms with van der Waals surface area (Å²) in [6, 6.07) is 8.80. The van der Waals surface area contributed by atoms with E-state index in [2.05, 4.69) is 6.92 Å². The van der Waals surface area contributed by atoms with Crippen LogP contribution in [0.2, 0.25) is 0 Å². The summed E-state index contributed by atoms with van der Waals surface area (Å²) in [7, 11) is 0. The third-order valence-corrected chi connectivity index (χ3v) is 7.17. The number of hydrogen-bond acceptors (Lipinski definition) is 6. The van der Waals surface area contributed by atoms with Crippen LogP contribution >= 0.6 is 0 Å². The van der Waals surface area contributed by atoms with E-state index in [4.69, 9.17) is 18.6 Å². The van der Waals surface area contributed by atoms with Crippen LogP contribution in [0.5, 0.6) is 11.5 Å². The van der Waals surface area contributed by atoms with Crippen molar-refractivity contribution < 1.29 is 23.4 Å². The van der Waals surface area contributed by atoms with Gasteiger partial charge >= 0.3 is 0 Å². The molecule has 0 aliphatic carbocycles. The van der Waals surface area contributed by atoms with Crippen LogP contribution in [0.15, 0.2) is 39.5 Å². The molecule has 210 valence electrons. The van der Waals surface area contributed by atoms with Crippen molar-refractivity contribution in [3.63, 3.8) is 0 Å². The van der Waals surface area contributed by atoms with E-state index in [1.165, 1.54) is 0 Å². The predicted octanol–water partition coefficient (Wildman–Crippen LogP) is 6.74. The molecule has 0 spiro atoms. The van der Waals surface area contributed by atoms with E-state index in [1.807, 2.05) is 65.0 Å². The lowest BCUT2D eigenvalue weighted by atomic mass is 9.97. The number of hydrogen-bond donors (Lipinski definition) is 0. The molecule has 0 saturated carbocycles. The molecule has 2 heterocycles. The number of carbonyl (C=O) groups excluding carboxylic acids is 1. The van der Waals surface area contributed by atoms with Crippen LogP contribution in [-0.2, 0) is 4.74 Å². The van der Waals surface area contributed by atoms with E-state index in [0.717, 1.165) is 36.0 Å². The number of rotatable bonds is 13. The summed E-state index contributed by atoms with van der Waals surface area (Å²) < 4.78 is 23.9. The fourth-order valence-electron chi connectivity index (χ4n) is 5.02. The summed E-state index contributed by atoms with van der Waals surface area (Å²) >= 11 is 0. The first-order valence-electron chi connectivity index (χ1n) is 14.2. The Morgan fingerprint density at radius 1 is 0.923 bits per heavy atom. The van der Waals surface area contributed by atoms with Crippen molar-refractivity contribution in [3.05, 3.63) is 68.6 Å². The molecular weight excluding hydrogens is 494 g/mol. The molecule has 1 aliphatic rings. The molecular formula is C32H41NO6. The molecule has 1 unspecified atom stereocenters. The van der Waals surface area contributed by atoms with Crippen molar-refractivity contribution in [1.29, 1.82) is 0 Å². The van der Waals surface area contributed by atoms with Gasteiger partial charge in [0.25, 0.3) is 5.91 Å². The third-order valence-electron chi connectivity index (χ3n) is 7.17. The number of fused-ring (bicyclic) bond motifs is 2. The minimum Gasteiger partial charge on any atom is -0.490 e. The Balaban J connectivity index is 1.79. The Labute approximate surface area is 231 Å². The zero-order valence-corrected chi connectivity index (χ0v) is 24.1. The van der Waals surface area contributed by atoms with Gasteiger partial charge in [-0.25, -0.2) is 0 Å². The van der Waals surface area contributed by atoms with Crippen LogP contribution in [0.25, 0.3) is 11.0 Å². The lowest BCUT2D eigenvalue weighted by molar-refractivity contribution is 0.0593. The van der Waals surface area contributed by atoms with Crippen molar-refractivity contribution in [1.82, 2.24) is 4.90 Å². The highest BCUT2D eigenvalue weighted by Gasteiger charge is 2.42. The van der Waals surface area contributed by atoms with Crippen molar-refractivity contribution in [2.24, 2.45) is 0 Å². The van der Waals surface area contributed by atoms with Gasteiger partial charge in [-0.05, 0) is 88.4 Å². The first kappa shape index (κ1) is 28.7. The summed E-state index contributed by atoms with van der Waals surface area (Å²) in [5.41, 5.74) is 3.43. The number of ether oxygens (including phenoxy) is 3. The molecule has 0 radical (unpaired) electrons. The Morgan fingerprint density at radius 2 is 1.69 bits per heavy atom. The second kappa shape index (κ2) is 12.7. The minimum atomic E-state index is -0.595. The first-order chi connectivity index (χ1) is 18.8. The Bertz CT molecular complexity index is 1380. The standard InChI is InChI=1S/C32H41NO6/c1-7-9-10-15-38-25-13-12-23(19-27(25)36-8-2)29-28-30(34)24-17-21(5)22(6)18-26(24)39-31(28)32(35)33(29)14-11-16-37-20(3)4/h12-13,17-20,29H,7-11,14-16H2,1-6H3. The molecule has 0 N–H and O–H groups in total. The molecule has 1 amide bonds. The number of carbonyl (C=O) groups is 1. The van der Waals surface area contributed by atoms with Gasteiger partial charge in [0.2, 0.25) is 5.76 Å². The van der Waals surface area contributed by atoms with Gasteiger partial charge in [0.1, 0.15) is 5.58 Å². The number of aryl methyl sites for hydroxylation is 2. The molecule has 3 aromatic rings. The SMILES string of the molecule is CCCCCOc1ccc(C2c3c(oc4cc(C)c(C)cc4c3=O)C(=O)N2CCCOC(C)C)cc1OCC. The molecule has 0 saturated heterocycles. The molecule has 1 aliphatic heterocycles. The van der Waals surface area contributed by atoms with Gasteiger partial charge < -0.3 is 23.5 Å². The molecule has 0 bridgehead atoms. The highest BCUT2D eigenvalue weighted by Crippen LogP contribution is 2.41. The van der Waals surface area contributed by atoms with Gasteiger partial charge in [0.05, 0.1) is 36.3 Å². The largest absolute Gasteiger partial charge is 0.490 e. The maximum absolute atomic E-state index is 13.9. The Kier molecular flexibility index (Phi) is 9.33. The second-order valence-electron chi connectivity index (χ2n) is 10.5. The van der Waals surface area contributed by atoms with E-state index in [9.17, 15) is 9.59 Å². The van der Waals surface area contributed by atoms with Gasteiger partial charge in [-0.1, -0.05) is 25.8 Å². The second-order valence-corrected chi connectivity index (χ2v) is 10.5. The number of amides is 1. The monoisotopic (exact) mass is 535 g/mol. The van der Waals surface area contributed by atoms with Crippen LogP contribution in [0.1, 0.15) is 92.2 Å². The summed E-state index contributed by atoms with van der Waals surface area (Å²) in [6.45, 7) is 14.0. The summed E-state index contributed by atoms with van der Waals surface area (Å²) in [4.78, 5) is 29.4. The number of nitrogens with zero attached hydrogens (tertiary/aromatic N) is 1. The van der Waals surface area contributed by atoms with Gasteiger partial charge in [-0.15, -0.1) is 0 Å². The van der Waals surface area contributed by atoms with Crippen molar-refractivity contribution in [2.45, 2.75) is 79.4 Å². The molecule has 7 nitrogen and oxygen atoms in total. The smallest absolute Gasteiger partial charge is 0.290 e. The van der Waals surface area contributed by atoms with E-state index in [0.29, 0.717) is 60.8 Å². The van der Waals surface area contributed by atoms with Crippen LogP contribution in [-0.4, -0.2) is 43.3 Å². The average Bonchev–Trinajstić information content (AvgIpc) is 3.18. The lowest BCUT2D eigenvalue weighted by Gasteiger charge is -2.26. The summed E-state index contributed by atoms with van der Waals surface area (Å²) in [5.74, 6) is 1.10. The quantitative estimate of drug-likeness (QED) is 0.226. The van der Waals surface area contributed by atoms with Crippen LogP contribution < -0.4 is 14.9 Å². The van der Waals surface area contributed by atoms with Crippen molar-refractivity contribution >= 4 is 16.9 Å². The van der Waals surface area contributed by atoms with Gasteiger partial charge in [-0.2, -0.15) is 0 Å². The fraction of sp³-hybridized carbons (Fsp3) is 0.500. The maximum Gasteiger partial charge on any atom is 0.290 e.